The predicted octanol–water partition coefficient (Wildman–Crippen LogP) is 5.61. The Kier molecular flexibility index (Phi) is 8.94. The van der Waals surface area contributed by atoms with Crippen molar-refractivity contribution in [2.75, 3.05) is 6.54 Å². The normalized spacial score (nSPS) is 12.9. The van der Waals surface area contributed by atoms with E-state index in [-0.39, 0.29) is 5.82 Å². The maximum absolute atomic E-state index is 14.0. The van der Waals surface area contributed by atoms with Gasteiger partial charge >= 0.3 is 0 Å². The fraction of sp³-hybridized carbons (Fsp3) is 0.667. The van der Waals surface area contributed by atoms with E-state index in [1.54, 1.807) is 12.1 Å². The monoisotopic (exact) mass is 313 g/mol. The van der Waals surface area contributed by atoms with Gasteiger partial charge in [-0.1, -0.05) is 45.2 Å². The van der Waals surface area contributed by atoms with Gasteiger partial charge < -0.3 is 5.32 Å². The summed E-state index contributed by atoms with van der Waals surface area (Å²) in [7, 11) is 0. The minimum Gasteiger partial charge on any atom is -0.313 e. The minimum atomic E-state index is -0.144. The van der Waals surface area contributed by atoms with Crippen LogP contribution in [0.5, 0.6) is 0 Å². The standard InChI is InChI=1S/C18H29ClFN/c1-4-7-14(8-5-2)18(21-11-6-3)13-15-12-16(19)9-10-17(15)20/h9-10,12,14,18,21H,4-8,11,13H2,1-3H3. The van der Waals surface area contributed by atoms with Gasteiger partial charge in [0.05, 0.1) is 0 Å². The Balaban J connectivity index is 2.86. The number of hydrogen-bond donors (Lipinski definition) is 1. The first kappa shape index (κ1) is 18.4. The van der Waals surface area contributed by atoms with Crippen LogP contribution in [-0.2, 0) is 6.42 Å². The molecule has 1 aromatic rings. The average Bonchev–Trinajstić information content (AvgIpc) is 2.47. The van der Waals surface area contributed by atoms with E-state index in [1.807, 2.05) is 0 Å². The minimum absolute atomic E-state index is 0.144. The second-order valence-corrected chi connectivity index (χ2v) is 6.27. The van der Waals surface area contributed by atoms with Gasteiger partial charge in [0.25, 0.3) is 0 Å². The molecule has 0 saturated carbocycles. The summed E-state index contributed by atoms with van der Waals surface area (Å²) < 4.78 is 14.0. The molecule has 1 aromatic carbocycles. The lowest BCUT2D eigenvalue weighted by atomic mass is 9.86. The molecule has 1 N–H and O–H groups in total. The first-order chi connectivity index (χ1) is 10.1. The van der Waals surface area contributed by atoms with Crippen molar-refractivity contribution in [2.24, 2.45) is 5.92 Å². The molecule has 0 aliphatic carbocycles. The molecule has 0 radical (unpaired) electrons. The Hall–Kier alpha value is -0.600. The van der Waals surface area contributed by atoms with Gasteiger partial charge in [-0.05, 0) is 61.9 Å². The summed E-state index contributed by atoms with van der Waals surface area (Å²) in [5.74, 6) is 0.458. The van der Waals surface area contributed by atoms with E-state index < -0.39 is 0 Å². The summed E-state index contributed by atoms with van der Waals surface area (Å²) in [5, 5.41) is 4.24. The van der Waals surface area contributed by atoms with Crippen LogP contribution in [0.25, 0.3) is 0 Å². The van der Waals surface area contributed by atoms with Crippen LogP contribution in [0.3, 0.4) is 0 Å². The number of nitrogens with one attached hydrogen (secondary N) is 1. The summed E-state index contributed by atoms with van der Waals surface area (Å²) in [6, 6.07) is 5.19. The van der Waals surface area contributed by atoms with E-state index in [0.29, 0.717) is 17.0 Å². The molecule has 0 heterocycles. The third kappa shape index (κ3) is 6.36. The van der Waals surface area contributed by atoms with Gasteiger partial charge in [0.2, 0.25) is 0 Å². The van der Waals surface area contributed by atoms with Crippen LogP contribution in [0.1, 0.15) is 58.4 Å². The molecule has 3 heteroatoms. The molecule has 1 atom stereocenters. The van der Waals surface area contributed by atoms with Gasteiger partial charge in [0.1, 0.15) is 5.82 Å². The molecule has 0 fully saturated rings. The molecular formula is C18H29ClFN. The van der Waals surface area contributed by atoms with Gasteiger partial charge in [-0.25, -0.2) is 4.39 Å². The molecule has 21 heavy (non-hydrogen) atoms. The Labute approximate surface area is 134 Å². The van der Waals surface area contributed by atoms with Crippen LogP contribution in [-0.4, -0.2) is 12.6 Å². The van der Waals surface area contributed by atoms with Crippen LogP contribution in [0.2, 0.25) is 5.02 Å². The van der Waals surface area contributed by atoms with Crippen molar-refractivity contribution in [1.29, 1.82) is 0 Å². The summed E-state index contributed by atoms with van der Waals surface area (Å²) in [6.45, 7) is 7.59. The number of hydrogen-bond acceptors (Lipinski definition) is 1. The van der Waals surface area contributed by atoms with Crippen LogP contribution >= 0.6 is 11.6 Å². The van der Waals surface area contributed by atoms with Crippen molar-refractivity contribution in [3.8, 4) is 0 Å². The topological polar surface area (TPSA) is 12.0 Å². The maximum atomic E-state index is 14.0. The molecule has 1 nitrogen and oxygen atoms in total. The van der Waals surface area contributed by atoms with E-state index in [2.05, 4.69) is 26.1 Å². The third-order valence-corrected chi connectivity index (χ3v) is 4.23. The Bertz CT molecular complexity index is 402. The lowest BCUT2D eigenvalue weighted by Crippen LogP contribution is -2.38. The molecule has 0 spiro atoms. The lowest BCUT2D eigenvalue weighted by molar-refractivity contribution is 0.306. The highest BCUT2D eigenvalue weighted by molar-refractivity contribution is 6.30. The Morgan fingerprint density at radius 3 is 2.33 bits per heavy atom. The van der Waals surface area contributed by atoms with E-state index in [1.165, 1.54) is 31.7 Å². The van der Waals surface area contributed by atoms with Crippen LogP contribution < -0.4 is 5.32 Å². The van der Waals surface area contributed by atoms with E-state index in [4.69, 9.17) is 11.6 Å². The number of benzene rings is 1. The average molecular weight is 314 g/mol. The second kappa shape index (κ2) is 10.2. The molecule has 1 rings (SSSR count). The van der Waals surface area contributed by atoms with Gasteiger partial charge in [0.15, 0.2) is 0 Å². The summed E-state index contributed by atoms with van der Waals surface area (Å²) in [6.07, 6.45) is 6.55. The van der Waals surface area contributed by atoms with Crippen molar-refractivity contribution in [2.45, 2.75) is 65.3 Å². The van der Waals surface area contributed by atoms with E-state index in [9.17, 15) is 4.39 Å². The molecule has 0 saturated heterocycles. The first-order valence-corrected chi connectivity index (χ1v) is 8.67. The Morgan fingerprint density at radius 1 is 1.10 bits per heavy atom. The van der Waals surface area contributed by atoms with Gasteiger partial charge in [-0.15, -0.1) is 0 Å². The smallest absolute Gasteiger partial charge is 0.126 e. The quantitative estimate of drug-likeness (QED) is 0.592. The SMILES string of the molecule is CCCNC(Cc1cc(Cl)ccc1F)C(CCC)CCC. The molecule has 0 aliphatic rings. The third-order valence-electron chi connectivity index (χ3n) is 3.99. The first-order valence-electron chi connectivity index (χ1n) is 8.29. The van der Waals surface area contributed by atoms with Gasteiger partial charge in [-0.2, -0.15) is 0 Å². The molecule has 0 bridgehead atoms. The Morgan fingerprint density at radius 2 is 1.76 bits per heavy atom. The molecule has 1 unspecified atom stereocenters. The van der Waals surface area contributed by atoms with Crippen LogP contribution in [0.15, 0.2) is 18.2 Å². The van der Waals surface area contributed by atoms with E-state index >= 15 is 0 Å². The molecular weight excluding hydrogens is 285 g/mol. The fourth-order valence-corrected chi connectivity index (χ4v) is 3.15. The van der Waals surface area contributed by atoms with Crippen molar-refractivity contribution in [1.82, 2.24) is 5.32 Å². The van der Waals surface area contributed by atoms with Crippen molar-refractivity contribution < 1.29 is 4.39 Å². The van der Waals surface area contributed by atoms with E-state index in [0.717, 1.165) is 24.9 Å². The summed E-state index contributed by atoms with van der Waals surface area (Å²) in [5.41, 5.74) is 0.730. The summed E-state index contributed by atoms with van der Waals surface area (Å²) >= 11 is 6.02. The van der Waals surface area contributed by atoms with Gasteiger partial charge in [0, 0.05) is 11.1 Å². The molecule has 0 aliphatic heterocycles. The molecule has 0 amide bonds. The largest absolute Gasteiger partial charge is 0.313 e. The highest BCUT2D eigenvalue weighted by Crippen LogP contribution is 2.23. The number of halogens is 2. The van der Waals surface area contributed by atoms with Crippen LogP contribution in [0, 0.1) is 11.7 Å². The number of rotatable bonds is 10. The molecule has 0 aromatic heterocycles. The van der Waals surface area contributed by atoms with Crippen molar-refractivity contribution in [3.05, 3.63) is 34.6 Å². The van der Waals surface area contributed by atoms with Crippen molar-refractivity contribution in [3.63, 3.8) is 0 Å². The highest BCUT2D eigenvalue weighted by Gasteiger charge is 2.21. The summed E-state index contributed by atoms with van der Waals surface area (Å²) in [4.78, 5) is 0. The second-order valence-electron chi connectivity index (χ2n) is 5.84. The zero-order chi connectivity index (χ0) is 15.7. The van der Waals surface area contributed by atoms with Gasteiger partial charge in [-0.3, -0.25) is 0 Å². The van der Waals surface area contributed by atoms with Crippen molar-refractivity contribution >= 4 is 11.6 Å². The lowest BCUT2D eigenvalue weighted by Gasteiger charge is -2.28. The zero-order valence-corrected chi connectivity index (χ0v) is 14.3. The molecule has 120 valence electrons. The zero-order valence-electron chi connectivity index (χ0n) is 13.6. The highest BCUT2D eigenvalue weighted by atomic mass is 35.5. The maximum Gasteiger partial charge on any atom is 0.126 e. The predicted molar refractivity (Wildman–Crippen MR) is 90.5 cm³/mol. The van der Waals surface area contributed by atoms with Crippen LogP contribution in [0.4, 0.5) is 4.39 Å². The fourth-order valence-electron chi connectivity index (χ4n) is 2.96.